The lowest BCUT2D eigenvalue weighted by Crippen LogP contribution is -2.46. The topological polar surface area (TPSA) is 105 Å². The van der Waals surface area contributed by atoms with Crippen molar-refractivity contribution < 1.29 is 32.9 Å². The monoisotopic (exact) mass is 1050 g/mol. The molecule has 0 aliphatic heterocycles. The Hall–Kier alpha value is -1.28. The van der Waals surface area contributed by atoms with Crippen LogP contribution in [0.25, 0.3) is 0 Å². The molecule has 3 N–H and O–H groups in total. The summed E-state index contributed by atoms with van der Waals surface area (Å²) in [5.74, 6) is -0.144. The Morgan fingerprint density at radius 2 is 0.781 bits per heavy atom. The van der Waals surface area contributed by atoms with Gasteiger partial charge in [-0.15, -0.1) is 0 Å². The molecule has 3 atom stereocenters. The quantitative estimate of drug-likeness (QED) is 0.0243. The number of quaternary nitrogens is 1. The summed E-state index contributed by atoms with van der Waals surface area (Å²) >= 11 is 0. The lowest BCUT2D eigenvalue weighted by atomic mass is 10.0. The molecule has 9 heteroatoms. The molecule has 0 bridgehead atoms. The maximum absolute atomic E-state index is 13.0. The molecular formula is C64H126N2O6P+. The molecule has 0 spiro atoms. The number of nitrogens with zero attached hydrogens (tertiary/aromatic N) is 1. The fourth-order valence-electron chi connectivity index (χ4n) is 9.65. The Bertz CT molecular complexity index is 1280. The van der Waals surface area contributed by atoms with Crippen molar-refractivity contribution in [3.8, 4) is 0 Å². The molecule has 8 nitrogen and oxygen atoms in total. The highest BCUT2D eigenvalue weighted by molar-refractivity contribution is 7.47. The first-order chi connectivity index (χ1) is 35.5. The van der Waals surface area contributed by atoms with Crippen molar-refractivity contribution in [2.24, 2.45) is 0 Å². The first kappa shape index (κ1) is 71.7. The summed E-state index contributed by atoms with van der Waals surface area (Å²) in [5, 5.41) is 14.1. The molecule has 0 saturated carbocycles. The molecule has 0 fully saturated rings. The van der Waals surface area contributed by atoms with Crippen molar-refractivity contribution in [2.75, 3.05) is 40.9 Å². The fourth-order valence-corrected chi connectivity index (χ4v) is 10.4. The first-order valence-corrected chi connectivity index (χ1v) is 33.3. The van der Waals surface area contributed by atoms with Crippen LogP contribution in [0.4, 0.5) is 0 Å². The number of carbonyl (C=O) groups excluding carboxylic acids is 1. The Kier molecular flexibility index (Phi) is 54.5. The van der Waals surface area contributed by atoms with E-state index in [1.807, 2.05) is 21.1 Å². The average molecular weight is 1050 g/mol. The van der Waals surface area contributed by atoms with E-state index in [-0.39, 0.29) is 19.1 Å². The van der Waals surface area contributed by atoms with E-state index >= 15 is 0 Å². The highest BCUT2D eigenvalue weighted by Gasteiger charge is 2.28. The molecule has 0 heterocycles. The van der Waals surface area contributed by atoms with Crippen LogP contribution in [0.2, 0.25) is 0 Å². The number of aliphatic hydroxyl groups is 1. The van der Waals surface area contributed by atoms with Crippen LogP contribution < -0.4 is 5.32 Å². The number of aliphatic hydroxyl groups excluding tert-OH is 1. The zero-order chi connectivity index (χ0) is 53.5. The predicted molar refractivity (Wildman–Crippen MR) is 318 cm³/mol. The molecule has 0 aromatic heterocycles. The average Bonchev–Trinajstić information content (AvgIpc) is 3.35. The number of likely N-dealkylation sites (N-methyl/N-ethyl adjacent to an activating group) is 1. The minimum absolute atomic E-state index is 0.0742. The van der Waals surface area contributed by atoms with Gasteiger partial charge in [0.05, 0.1) is 39.9 Å². The molecule has 0 aliphatic carbocycles. The normalized spacial score (nSPS) is 14.0. The Labute approximate surface area is 455 Å². The smallest absolute Gasteiger partial charge is 0.391 e. The molecule has 1 amide bonds. The molecule has 0 radical (unpaired) electrons. The van der Waals surface area contributed by atoms with E-state index in [9.17, 15) is 19.4 Å². The number of unbranched alkanes of at least 4 members (excludes halogenated alkanes) is 40. The summed E-state index contributed by atoms with van der Waals surface area (Å²) in [5.41, 5.74) is 0. The van der Waals surface area contributed by atoms with E-state index in [1.165, 1.54) is 238 Å². The van der Waals surface area contributed by atoms with Gasteiger partial charge in [0, 0.05) is 6.42 Å². The van der Waals surface area contributed by atoms with Gasteiger partial charge in [-0.1, -0.05) is 294 Å². The van der Waals surface area contributed by atoms with Gasteiger partial charge in [0.25, 0.3) is 0 Å². The number of allylic oxidation sites excluding steroid dienone is 6. The number of nitrogens with one attached hydrogen (secondary N) is 1. The van der Waals surface area contributed by atoms with E-state index in [1.54, 1.807) is 0 Å². The Morgan fingerprint density at radius 3 is 1.14 bits per heavy atom. The lowest BCUT2D eigenvalue weighted by Gasteiger charge is -2.26. The van der Waals surface area contributed by atoms with Gasteiger partial charge in [-0.25, -0.2) is 4.57 Å². The molecule has 432 valence electrons. The third-order valence-electron chi connectivity index (χ3n) is 14.6. The molecule has 0 saturated heterocycles. The molecule has 0 rings (SSSR count). The first-order valence-electron chi connectivity index (χ1n) is 31.9. The minimum Gasteiger partial charge on any atom is -0.391 e. The maximum Gasteiger partial charge on any atom is 0.472 e. The van der Waals surface area contributed by atoms with Crippen LogP contribution in [0.5, 0.6) is 0 Å². The van der Waals surface area contributed by atoms with E-state index in [2.05, 4.69) is 55.6 Å². The van der Waals surface area contributed by atoms with Gasteiger partial charge in [0.2, 0.25) is 5.91 Å². The van der Waals surface area contributed by atoms with E-state index in [0.29, 0.717) is 23.9 Å². The minimum atomic E-state index is -4.33. The largest absolute Gasteiger partial charge is 0.472 e. The van der Waals surface area contributed by atoms with Crippen molar-refractivity contribution in [3.63, 3.8) is 0 Å². The number of phosphoric ester groups is 1. The second kappa shape index (κ2) is 55.5. The van der Waals surface area contributed by atoms with Gasteiger partial charge in [0.15, 0.2) is 0 Å². The second-order valence-electron chi connectivity index (χ2n) is 23.1. The zero-order valence-electron chi connectivity index (χ0n) is 49.4. The van der Waals surface area contributed by atoms with Crippen molar-refractivity contribution in [1.82, 2.24) is 5.32 Å². The van der Waals surface area contributed by atoms with E-state index < -0.39 is 20.0 Å². The maximum atomic E-state index is 13.0. The third kappa shape index (κ3) is 58.2. The van der Waals surface area contributed by atoms with Gasteiger partial charge >= 0.3 is 7.82 Å². The van der Waals surface area contributed by atoms with Gasteiger partial charge < -0.3 is 19.8 Å². The van der Waals surface area contributed by atoms with Crippen LogP contribution in [0.1, 0.15) is 316 Å². The highest BCUT2D eigenvalue weighted by atomic mass is 31.2. The molecule has 73 heavy (non-hydrogen) atoms. The van der Waals surface area contributed by atoms with Crippen molar-refractivity contribution in [1.29, 1.82) is 0 Å². The van der Waals surface area contributed by atoms with Crippen molar-refractivity contribution in [2.45, 2.75) is 328 Å². The number of carbonyl (C=O) groups is 1. The summed E-state index contributed by atoms with van der Waals surface area (Å²) < 4.78 is 23.8. The van der Waals surface area contributed by atoms with Crippen LogP contribution in [-0.2, 0) is 18.4 Å². The number of hydrogen-bond donors (Lipinski definition) is 3. The molecule has 0 aliphatic rings. The number of rotatable bonds is 59. The van der Waals surface area contributed by atoms with Crippen molar-refractivity contribution in [3.05, 3.63) is 36.5 Å². The van der Waals surface area contributed by atoms with Crippen LogP contribution in [0.3, 0.4) is 0 Å². The van der Waals surface area contributed by atoms with Gasteiger partial charge in [-0.3, -0.25) is 13.8 Å². The molecule has 3 unspecified atom stereocenters. The highest BCUT2D eigenvalue weighted by Crippen LogP contribution is 2.43. The number of amides is 1. The third-order valence-corrected chi connectivity index (χ3v) is 15.6. The van der Waals surface area contributed by atoms with Crippen LogP contribution in [0.15, 0.2) is 36.5 Å². The summed E-state index contributed by atoms with van der Waals surface area (Å²) in [6.45, 7) is 4.92. The fraction of sp³-hybridized carbons (Fsp3) is 0.891. The lowest BCUT2D eigenvalue weighted by molar-refractivity contribution is -0.870. The van der Waals surface area contributed by atoms with Crippen molar-refractivity contribution >= 4 is 13.7 Å². The summed E-state index contributed by atoms with van der Waals surface area (Å²) in [7, 11) is 1.62. The zero-order valence-corrected chi connectivity index (χ0v) is 50.3. The van der Waals surface area contributed by atoms with Gasteiger partial charge in [-0.2, -0.15) is 0 Å². The van der Waals surface area contributed by atoms with E-state index in [0.717, 1.165) is 51.4 Å². The second-order valence-corrected chi connectivity index (χ2v) is 24.6. The van der Waals surface area contributed by atoms with E-state index in [4.69, 9.17) is 9.05 Å². The number of phosphoric acid groups is 1. The summed E-state index contributed by atoms with van der Waals surface area (Å²) in [4.78, 5) is 23.4. The van der Waals surface area contributed by atoms with Gasteiger partial charge in [-0.05, 0) is 51.4 Å². The summed E-state index contributed by atoms with van der Waals surface area (Å²) in [6, 6.07) is -0.764. The van der Waals surface area contributed by atoms with Crippen LogP contribution >= 0.6 is 7.82 Å². The summed E-state index contributed by atoms with van der Waals surface area (Å²) in [6.07, 6.45) is 72.1. The molecular weight excluding hydrogens is 924 g/mol. The Morgan fingerprint density at radius 1 is 0.466 bits per heavy atom. The SMILES string of the molecule is CCCCCCC/C=C\C/C=C\C/C=C\CCCCCCCCCCCCC(=O)NC(COP(=O)(O)OCC[N+](C)(C)C)C(O)CCCCCCCCCCCCCCCCCCCCCCCCCCCC. The Balaban J connectivity index is 4.11. The molecule has 0 aromatic carbocycles. The van der Waals surface area contributed by atoms with Gasteiger partial charge in [0.1, 0.15) is 13.2 Å². The predicted octanol–water partition coefficient (Wildman–Crippen LogP) is 19.7. The standard InChI is InChI=1S/C64H125N2O6P/c1-6-8-10-12-14-16-18-20-22-24-26-28-30-32-34-35-37-39-41-43-45-47-49-51-53-55-57-63(67)62(61-72-73(69,70)71-60-59-66(3,4)5)65-64(68)58-56-54-52-50-48-46-44-42-40-38-36-33-31-29-27-25-23-21-19-17-15-13-11-9-7-2/h19,21,25,27,31,33,62-63,67H,6-18,20,22-24,26,28-30,32,34-61H2,1-5H3,(H-,65,68,69,70)/p+1/b21-19-,27-25-,33-31-. The van der Waals surface area contributed by atoms with Crippen LogP contribution in [-0.4, -0.2) is 73.4 Å². The molecule has 0 aromatic rings. The number of hydrogen-bond acceptors (Lipinski definition) is 5. The van der Waals surface area contributed by atoms with Crippen LogP contribution in [0, 0.1) is 0 Å².